The predicted octanol–water partition coefficient (Wildman–Crippen LogP) is 4.91. The first-order valence-electron chi connectivity index (χ1n) is 5.84. The molecule has 0 atom stereocenters. The van der Waals surface area contributed by atoms with Crippen molar-refractivity contribution in [3.63, 3.8) is 0 Å². The van der Waals surface area contributed by atoms with E-state index in [2.05, 4.69) is 0 Å². The van der Waals surface area contributed by atoms with Crippen LogP contribution < -0.4 is 4.74 Å². The Bertz CT molecular complexity index is 656. The summed E-state index contributed by atoms with van der Waals surface area (Å²) in [6, 6.07) is 8.89. The summed E-state index contributed by atoms with van der Waals surface area (Å²) >= 11 is 11.7. The summed E-state index contributed by atoms with van der Waals surface area (Å²) in [5, 5.41) is 0.865. The van der Waals surface area contributed by atoms with Gasteiger partial charge in [0.2, 0.25) is 0 Å². The van der Waals surface area contributed by atoms with Crippen molar-refractivity contribution in [2.24, 2.45) is 0 Å². The number of halogens is 3. The Balaban J connectivity index is 2.20. The molecule has 2 rings (SSSR count). The van der Waals surface area contributed by atoms with Gasteiger partial charge in [-0.15, -0.1) is 0 Å². The molecule has 20 heavy (non-hydrogen) atoms. The second kappa shape index (κ2) is 6.25. The van der Waals surface area contributed by atoms with Gasteiger partial charge in [0.25, 0.3) is 0 Å². The van der Waals surface area contributed by atoms with Gasteiger partial charge in [-0.2, -0.15) is 0 Å². The van der Waals surface area contributed by atoms with E-state index in [0.29, 0.717) is 15.6 Å². The van der Waals surface area contributed by atoms with E-state index in [1.165, 1.54) is 25.1 Å². The van der Waals surface area contributed by atoms with Gasteiger partial charge in [-0.05, 0) is 36.8 Å². The molecule has 0 fully saturated rings. The van der Waals surface area contributed by atoms with E-state index in [4.69, 9.17) is 27.9 Å². The molecule has 0 aliphatic carbocycles. The molecule has 2 aromatic rings. The van der Waals surface area contributed by atoms with Crippen molar-refractivity contribution < 1.29 is 13.9 Å². The van der Waals surface area contributed by atoms with E-state index >= 15 is 0 Å². The number of carbonyl (C=O) groups is 1. The van der Waals surface area contributed by atoms with Crippen molar-refractivity contribution in [3.8, 4) is 5.75 Å². The Morgan fingerprint density at radius 3 is 2.55 bits per heavy atom. The van der Waals surface area contributed by atoms with Gasteiger partial charge in [0.05, 0.1) is 15.6 Å². The number of Topliss-reactive ketones (excluding diaryl/α,β-unsaturated/α-hetero) is 1. The van der Waals surface area contributed by atoms with Crippen LogP contribution in [0.25, 0.3) is 0 Å². The number of ether oxygens (including phenoxy) is 1. The summed E-state index contributed by atoms with van der Waals surface area (Å²) in [5.74, 6) is -0.433. The van der Waals surface area contributed by atoms with E-state index in [1.54, 1.807) is 18.2 Å². The topological polar surface area (TPSA) is 26.3 Å². The summed E-state index contributed by atoms with van der Waals surface area (Å²) in [5.41, 5.74) is 1.12. The number of hydrogen-bond donors (Lipinski definition) is 0. The Kier molecular flexibility index (Phi) is 4.63. The van der Waals surface area contributed by atoms with Gasteiger partial charge in [-0.3, -0.25) is 4.79 Å². The quantitative estimate of drug-likeness (QED) is 0.749. The zero-order valence-electron chi connectivity index (χ0n) is 10.6. The summed E-state index contributed by atoms with van der Waals surface area (Å²) in [6.45, 7) is 1.57. The molecule has 2 aromatic carbocycles. The summed E-state index contributed by atoms with van der Waals surface area (Å²) < 4.78 is 18.7. The van der Waals surface area contributed by atoms with Gasteiger partial charge in [-0.25, -0.2) is 4.39 Å². The monoisotopic (exact) mass is 312 g/mol. The Labute approximate surface area is 126 Å². The fourth-order valence-electron chi connectivity index (χ4n) is 1.70. The molecule has 0 aromatic heterocycles. The highest BCUT2D eigenvalue weighted by Gasteiger charge is 2.10. The number of benzene rings is 2. The number of rotatable bonds is 4. The van der Waals surface area contributed by atoms with Crippen molar-refractivity contribution in [1.29, 1.82) is 0 Å². The lowest BCUT2D eigenvalue weighted by Crippen LogP contribution is -2.02. The maximum Gasteiger partial charge on any atom is 0.163 e. The van der Waals surface area contributed by atoms with Crippen LogP contribution in [0.15, 0.2) is 36.4 Å². The maximum absolute atomic E-state index is 13.2. The highest BCUT2D eigenvalue weighted by molar-refractivity contribution is 6.42. The predicted molar refractivity (Wildman–Crippen MR) is 77.2 cm³/mol. The molecule has 2 nitrogen and oxygen atoms in total. The van der Waals surface area contributed by atoms with Gasteiger partial charge >= 0.3 is 0 Å². The van der Waals surface area contributed by atoms with Crippen molar-refractivity contribution >= 4 is 29.0 Å². The molecule has 0 unspecified atom stereocenters. The Morgan fingerprint density at radius 1 is 1.15 bits per heavy atom. The van der Waals surface area contributed by atoms with Crippen molar-refractivity contribution in [3.05, 3.63) is 63.4 Å². The second-order valence-corrected chi connectivity index (χ2v) is 5.05. The minimum absolute atomic E-state index is 0.167. The van der Waals surface area contributed by atoms with Crippen LogP contribution in [-0.4, -0.2) is 5.78 Å². The van der Waals surface area contributed by atoms with Crippen LogP contribution in [-0.2, 0) is 6.61 Å². The minimum atomic E-state index is -0.459. The lowest BCUT2D eigenvalue weighted by atomic mass is 10.1. The van der Waals surface area contributed by atoms with Crippen LogP contribution in [0.1, 0.15) is 22.8 Å². The van der Waals surface area contributed by atoms with Crippen molar-refractivity contribution in [2.75, 3.05) is 0 Å². The first-order chi connectivity index (χ1) is 9.47. The smallest absolute Gasteiger partial charge is 0.163 e. The first-order valence-corrected chi connectivity index (χ1v) is 6.60. The molecule has 0 aliphatic heterocycles. The molecular formula is C15H11Cl2FO2. The zero-order valence-corrected chi connectivity index (χ0v) is 12.1. The number of hydrogen-bond acceptors (Lipinski definition) is 2. The third-order valence-corrected chi connectivity index (χ3v) is 3.44. The van der Waals surface area contributed by atoms with Crippen LogP contribution in [0.2, 0.25) is 10.0 Å². The van der Waals surface area contributed by atoms with Gasteiger partial charge in [0.15, 0.2) is 5.78 Å². The van der Waals surface area contributed by atoms with Crippen LogP contribution in [0, 0.1) is 5.82 Å². The van der Waals surface area contributed by atoms with Crippen molar-refractivity contribution in [1.82, 2.24) is 0 Å². The molecule has 0 amide bonds. The van der Waals surface area contributed by atoms with Gasteiger partial charge in [0, 0.05) is 6.07 Å². The van der Waals surface area contributed by atoms with Crippen LogP contribution in [0.4, 0.5) is 4.39 Å². The molecule has 5 heteroatoms. The summed E-state index contributed by atoms with van der Waals surface area (Å²) in [7, 11) is 0. The van der Waals surface area contributed by atoms with Crippen LogP contribution in [0.5, 0.6) is 5.75 Å². The molecular weight excluding hydrogens is 302 g/mol. The number of carbonyl (C=O) groups excluding carboxylic acids is 1. The molecule has 0 radical (unpaired) electrons. The highest BCUT2D eigenvalue weighted by Crippen LogP contribution is 2.25. The van der Waals surface area contributed by atoms with Gasteiger partial charge in [-0.1, -0.05) is 29.3 Å². The largest absolute Gasteiger partial charge is 0.488 e. The van der Waals surface area contributed by atoms with E-state index in [9.17, 15) is 9.18 Å². The molecule has 0 spiro atoms. The van der Waals surface area contributed by atoms with E-state index in [-0.39, 0.29) is 18.1 Å². The molecule has 0 bridgehead atoms. The lowest BCUT2D eigenvalue weighted by molar-refractivity contribution is 0.101. The second-order valence-electron chi connectivity index (χ2n) is 4.23. The van der Waals surface area contributed by atoms with Crippen molar-refractivity contribution in [2.45, 2.75) is 13.5 Å². The van der Waals surface area contributed by atoms with E-state index in [1.807, 2.05) is 0 Å². The van der Waals surface area contributed by atoms with Gasteiger partial charge in [0.1, 0.15) is 18.2 Å². The standard InChI is InChI=1S/C15H11Cl2FO2/c1-9(19)12-4-3-11(18)7-15(12)20-8-10-2-5-13(16)14(17)6-10/h2-7H,8H2,1H3. The molecule has 104 valence electrons. The molecule has 0 saturated carbocycles. The third kappa shape index (κ3) is 3.50. The molecule has 0 N–H and O–H groups in total. The lowest BCUT2D eigenvalue weighted by Gasteiger charge is -2.10. The summed E-state index contributed by atoms with van der Waals surface area (Å²) in [6.07, 6.45) is 0. The normalized spacial score (nSPS) is 10.4. The fourth-order valence-corrected chi connectivity index (χ4v) is 2.02. The molecule has 0 heterocycles. The molecule has 0 saturated heterocycles. The average Bonchev–Trinajstić information content (AvgIpc) is 2.40. The summed E-state index contributed by atoms with van der Waals surface area (Å²) in [4.78, 5) is 11.4. The minimum Gasteiger partial charge on any atom is -0.488 e. The maximum atomic E-state index is 13.2. The Hall–Kier alpha value is -1.58. The SMILES string of the molecule is CC(=O)c1ccc(F)cc1OCc1ccc(Cl)c(Cl)c1. The average molecular weight is 313 g/mol. The van der Waals surface area contributed by atoms with Crippen LogP contribution >= 0.6 is 23.2 Å². The van der Waals surface area contributed by atoms with Crippen LogP contribution in [0.3, 0.4) is 0 Å². The zero-order chi connectivity index (χ0) is 14.7. The van der Waals surface area contributed by atoms with E-state index < -0.39 is 5.82 Å². The fraction of sp³-hybridized carbons (Fsp3) is 0.133. The van der Waals surface area contributed by atoms with E-state index in [0.717, 1.165) is 5.56 Å². The van der Waals surface area contributed by atoms with Gasteiger partial charge < -0.3 is 4.74 Å². The molecule has 0 aliphatic rings. The Morgan fingerprint density at radius 2 is 1.90 bits per heavy atom. The number of ketones is 1. The third-order valence-electron chi connectivity index (χ3n) is 2.70. The first kappa shape index (κ1) is 14.8. The highest BCUT2D eigenvalue weighted by atomic mass is 35.5.